The van der Waals surface area contributed by atoms with Crippen LogP contribution in [-0.4, -0.2) is 5.11 Å². The third-order valence-electron chi connectivity index (χ3n) is 1.69. The minimum absolute atomic E-state index is 0.0920. The van der Waals surface area contributed by atoms with E-state index in [1.54, 1.807) is 0 Å². The zero-order valence-electron chi connectivity index (χ0n) is 7.83. The lowest BCUT2D eigenvalue weighted by molar-refractivity contribution is 0.282. The lowest BCUT2D eigenvalue weighted by Gasteiger charge is -1.97. The Labute approximate surface area is 79.0 Å². The van der Waals surface area contributed by atoms with Gasteiger partial charge in [-0.05, 0) is 24.1 Å². The normalized spacial score (nSPS) is 10.6. The predicted molar refractivity (Wildman–Crippen MR) is 56.2 cm³/mol. The van der Waals surface area contributed by atoms with Crippen molar-refractivity contribution in [1.29, 1.82) is 0 Å². The SMILES string of the molecule is C=C(C)C=Cc1cccc(CO)c1. The maximum Gasteiger partial charge on any atom is 0.0682 e. The highest BCUT2D eigenvalue weighted by molar-refractivity contribution is 5.53. The Morgan fingerprint density at radius 2 is 2.31 bits per heavy atom. The van der Waals surface area contributed by atoms with Crippen LogP contribution < -0.4 is 0 Å². The van der Waals surface area contributed by atoms with Gasteiger partial charge >= 0.3 is 0 Å². The Hall–Kier alpha value is -1.34. The molecule has 68 valence electrons. The third kappa shape index (κ3) is 3.26. The van der Waals surface area contributed by atoms with Crippen LogP contribution in [0.25, 0.3) is 6.08 Å². The Morgan fingerprint density at radius 3 is 2.92 bits per heavy atom. The number of allylic oxidation sites excluding steroid dienone is 2. The fraction of sp³-hybridized carbons (Fsp3) is 0.167. The molecule has 0 aliphatic carbocycles. The molecule has 0 amide bonds. The van der Waals surface area contributed by atoms with E-state index < -0.39 is 0 Å². The van der Waals surface area contributed by atoms with Gasteiger partial charge in [-0.2, -0.15) is 0 Å². The van der Waals surface area contributed by atoms with Crippen molar-refractivity contribution in [2.45, 2.75) is 13.5 Å². The van der Waals surface area contributed by atoms with E-state index in [1.165, 1.54) is 0 Å². The summed E-state index contributed by atoms with van der Waals surface area (Å²) < 4.78 is 0. The van der Waals surface area contributed by atoms with Crippen molar-refractivity contribution in [2.75, 3.05) is 0 Å². The van der Waals surface area contributed by atoms with Gasteiger partial charge in [-0.1, -0.05) is 42.5 Å². The highest BCUT2D eigenvalue weighted by atomic mass is 16.3. The van der Waals surface area contributed by atoms with Gasteiger partial charge in [0, 0.05) is 0 Å². The average Bonchev–Trinajstić information content (AvgIpc) is 2.15. The van der Waals surface area contributed by atoms with Crippen molar-refractivity contribution in [1.82, 2.24) is 0 Å². The molecule has 1 heteroatoms. The van der Waals surface area contributed by atoms with Crippen LogP contribution in [0.1, 0.15) is 18.1 Å². The number of benzene rings is 1. The molecule has 1 aromatic carbocycles. The second-order valence-corrected chi connectivity index (χ2v) is 3.08. The maximum absolute atomic E-state index is 8.90. The van der Waals surface area contributed by atoms with Crippen LogP contribution in [0.3, 0.4) is 0 Å². The van der Waals surface area contributed by atoms with Crippen LogP contribution in [0, 0.1) is 0 Å². The van der Waals surface area contributed by atoms with E-state index >= 15 is 0 Å². The van der Waals surface area contributed by atoms with Crippen molar-refractivity contribution < 1.29 is 5.11 Å². The van der Waals surface area contributed by atoms with Crippen LogP contribution in [0.15, 0.2) is 42.5 Å². The third-order valence-corrected chi connectivity index (χ3v) is 1.69. The Balaban J connectivity index is 2.83. The lowest BCUT2D eigenvalue weighted by atomic mass is 10.1. The van der Waals surface area contributed by atoms with Crippen molar-refractivity contribution in [3.63, 3.8) is 0 Å². The number of hydrogen-bond acceptors (Lipinski definition) is 1. The highest BCUT2D eigenvalue weighted by Crippen LogP contribution is 2.08. The number of aliphatic hydroxyl groups is 1. The van der Waals surface area contributed by atoms with E-state index in [0.29, 0.717) is 0 Å². The average molecular weight is 174 g/mol. The topological polar surface area (TPSA) is 20.2 Å². The van der Waals surface area contributed by atoms with Gasteiger partial charge in [0.25, 0.3) is 0 Å². The zero-order chi connectivity index (χ0) is 9.68. The largest absolute Gasteiger partial charge is 0.392 e. The molecule has 1 nitrogen and oxygen atoms in total. The molecule has 0 spiro atoms. The van der Waals surface area contributed by atoms with Crippen molar-refractivity contribution in [2.24, 2.45) is 0 Å². The number of hydrogen-bond donors (Lipinski definition) is 1. The summed E-state index contributed by atoms with van der Waals surface area (Å²) in [6, 6.07) is 7.79. The molecule has 0 aliphatic heterocycles. The van der Waals surface area contributed by atoms with Crippen LogP contribution >= 0.6 is 0 Å². The molecule has 0 aliphatic rings. The summed E-state index contributed by atoms with van der Waals surface area (Å²) in [5, 5.41) is 8.90. The van der Waals surface area contributed by atoms with E-state index in [0.717, 1.165) is 16.7 Å². The molecule has 0 fully saturated rings. The lowest BCUT2D eigenvalue weighted by Crippen LogP contribution is -1.82. The Kier molecular flexibility index (Phi) is 3.47. The number of rotatable bonds is 3. The van der Waals surface area contributed by atoms with E-state index in [-0.39, 0.29) is 6.61 Å². The summed E-state index contributed by atoms with van der Waals surface area (Å²) in [6.07, 6.45) is 3.94. The fourth-order valence-electron chi connectivity index (χ4n) is 1.03. The van der Waals surface area contributed by atoms with Gasteiger partial charge < -0.3 is 5.11 Å². The summed E-state index contributed by atoms with van der Waals surface area (Å²) in [5.74, 6) is 0. The first kappa shape index (κ1) is 9.75. The Bertz CT molecular complexity index is 324. The molecule has 0 saturated carbocycles. The molecular formula is C12H14O. The van der Waals surface area contributed by atoms with E-state index in [2.05, 4.69) is 6.58 Å². The standard InChI is InChI=1S/C12H14O/c1-10(2)6-7-11-4-3-5-12(8-11)9-13/h3-8,13H,1,9H2,2H3. The summed E-state index contributed by atoms with van der Waals surface area (Å²) in [6.45, 7) is 5.82. The molecule has 1 N–H and O–H groups in total. The first-order valence-electron chi connectivity index (χ1n) is 4.26. The van der Waals surface area contributed by atoms with Gasteiger partial charge in [0.05, 0.1) is 6.61 Å². The molecule has 0 atom stereocenters. The second-order valence-electron chi connectivity index (χ2n) is 3.08. The first-order valence-corrected chi connectivity index (χ1v) is 4.26. The summed E-state index contributed by atoms with van der Waals surface area (Å²) in [5.41, 5.74) is 3.05. The Morgan fingerprint density at radius 1 is 1.54 bits per heavy atom. The molecule has 1 aromatic rings. The molecular weight excluding hydrogens is 160 g/mol. The molecule has 0 radical (unpaired) electrons. The molecule has 0 heterocycles. The predicted octanol–water partition coefficient (Wildman–Crippen LogP) is 2.77. The van der Waals surface area contributed by atoms with Crippen LogP contribution in [0.4, 0.5) is 0 Å². The van der Waals surface area contributed by atoms with E-state index in [1.807, 2.05) is 43.3 Å². The second kappa shape index (κ2) is 4.63. The monoisotopic (exact) mass is 174 g/mol. The summed E-state index contributed by atoms with van der Waals surface area (Å²) in [4.78, 5) is 0. The van der Waals surface area contributed by atoms with Gasteiger partial charge in [0.2, 0.25) is 0 Å². The van der Waals surface area contributed by atoms with E-state index in [9.17, 15) is 0 Å². The number of aliphatic hydroxyl groups excluding tert-OH is 1. The van der Waals surface area contributed by atoms with E-state index in [4.69, 9.17) is 5.11 Å². The first-order chi connectivity index (χ1) is 6.22. The quantitative estimate of drug-likeness (QED) is 0.698. The van der Waals surface area contributed by atoms with Crippen molar-refractivity contribution >= 4 is 6.08 Å². The molecule has 1 rings (SSSR count). The zero-order valence-corrected chi connectivity index (χ0v) is 7.83. The van der Waals surface area contributed by atoms with Crippen LogP contribution in [0.5, 0.6) is 0 Å². The van der Waals surface area contributed by atoms with Crippen molar-refractivity contribution in [3.05, 3.63) is 53.6 Å². The summed E-state index contributed by atoms with van der Waals surface area (Å²) >= 11 is 0. The van der Waals surface area contributed by atoms with Crippen LogP contribution in [0.2, 0.25) is 0 Å². The van der Waals surface area contributed by atoms with Gasteiger partial charge in [0.15, 0.2) is 0 Å². The van der Waals surface area contributed by atoms with Crippen molar-refractivity contribution in [3.8, 4) is 0 Å². The highest BCUT2D eigenvalue weighted by Gasteiger charge is 1.90. The molecule has 0 unspecified atom stereocenters. The smallest absolute Gasteiger partial charge is 0.0682 e. The molecule has 0 bridgehead atoms. The van der Waals surface area contributed by atoms with Gasteiger partial charge in [-0.25, -0.2) is 0 Å². The summed E-state index contributed by atoms with van der Waals surface area (Å²) in [7, 11) is 0. The van der Waals surface area contributed by atoms with Crippen LogP contribution in [-0.2, 0) is 6.61 Å². The minimum atomic E-state index is 0.0920. The van der Waals surface area contributed by atoms with Gasteiger partial charge in [0.1, 0.15) is 0 Å². The molecule has 0 saturated heterocycles. The fourth-order valence-corrected chi connectivity index (χ4v) is 1.03. The maximum atomic E-state index is 8.90. The minimum Gasteiger partial charge on any atom is -0.392 e. The molecule has 0 aromatic heterocycles. The molecule has 13 heavy (non-hydrogen) atoms. The van der Waals surface area contributed by atoms with Gasteiger partial charge in [-0.3, -0.25) is 0 Å². The van der Waals surface area contributed by atoms with Gasteiger partial charge in [-0.15, -0.1) is 0 Å².